The van der Waals surface area contributed by atoms with E-state index in [1.54, 1.807) is 0 Å². The van der Waals surface area contributed by atoms with E-state index in [-0.39, 0.29) is 30.7 Å². The fraction of sp³-hybridized carbons (Fsp3) is 0.933. The van der Waals surface area contributed by atoms with E-state index in [0.29, 0.717) is 12.3 Å². The molecule has 0 saturated carbocycles. The fourth-order valence-electron chi connectivity index (χ4n) is 2.84. The van der Waals surface area contributed by atoms with Crippen LogP contribution in [0.2, 0.25) is 0 Å². The molecule has 1 saturated heterocycles. The molecule has 0 aromatic rings. The SMILES string of the molecule is CCN(CC)CCNC(=O)CC(C)C1CCNCC1.Cl.Cl. The maximum atomic E-state index is 11.9. The lowest BCUT2D eigenvalue weighted by molar-refractivity contribution is -0.122. The molecule has 0 aliphatic carbocycles. The van der Waals surface area contributed by atoms with Crippen molar-refractivity contribution in [1.29, 1.82) is 0 Å². The lowest BCUT2D eigenvalue weighted by atomic mass is 9.84. The first-order valence-electron chi connectivity index (χ1n) is 7.87. The van der Waals surface area contributed by atoms with E-state index >= 15 is 0 Å². The normalized spacial score (nSPS) is 16.8. The number of nitrogens with one attached hydrogen (secondary N) is 2. The first-order valence-corrected chi connectivity index (χ1v) is 7.87. The summed E-state index contributed by atoms with van der Waals surface area (Å²) in [5.74, 6) is 1.45. The highest BCUT2D eigenvalue weighted by Crippen LogP contribution is 2.23. The maximum Gasteiger partial charge on any atom is 0.220 e. The van der Waals surface area contributed by atoms with Gasteiger partial charge in [-0.05, 0) is 50.9 Å². The molecule has 21 heavy (non-hydrogen) atoms. The number of hydrogen-bond donors (Lipinski definition) is 2. The second-order valence-corrected chi connectivity index (χ2v) is 5.65. The van der Waals surface area contributed by atoms with Crippen LogP contribution in [0.25, 0.3) is 0 Å². The Hall–Kier alpha value is -0.0300. The number of piperidine rings is 1. The molecule has 0 radical (unpaired) electrons. The summed E-state index contributed by atoms with van der Waals surface area (Å²) < 4.78 is 0. The molecule has 6 heteroatoms. The molecule has 128 valence electrons. The molecule has 1 amide bonds. The van der Waals surface area contributed by atoms with Crippen LogP contribution < -0.4 is 10.6 Å². The van der Waals surface area contributed by atoms with Gasteiger partial charge in [0.1, 0.15) is 0 Å². The van der Waals surface area contributed by atoms with E-state index in [2.05, 4.69) is 36.3 Å². The van der Waals surface area contributed by atoms with E-state index in [4.69, 9.17) is 0 Å². The van der Waals surface area contributed by atoms with Crippen LogP contribution in [0.1, 0.15) is 40.0 Å². The lowest BCUT2D eigenvalue weighted by Crippen LogP contribution is -2.37. The monoisotopic (exact) mass is 341 g/mol. The van der Waals surface area contributed by atoms with Crippen molar-refractivity contribution < 1.29 is 4.79 Å². The van der Waals surface area contributed by atoms with E-state index in [1.807, 2.05) is 0 Å². The summed E-state index contributed by atoms with van der Waals surface area (Å²) in [7, 11) is 0. The van der Waals surface area contributed by atoms with Gasteiger partial charge in [-0.25, -0.2) is 0 Å². The molecule has 0 aromatic heterocycles. The summed E-state index contributed by atoms with van der Waals surface area (Å²) in [6.45, 7) is 12.6. The zero-order valence-corrected chi connectivity index (χ0v) is 15.3. The highest BCUT2D eigenvalue weighted by atomic mass is 35.5. The maximum absolute atomic E-state index is 11.9. The predicted octanol–water partition coefficient (Wildman–Crippen LogP) is 2.31. The van der Waals surface area contributed by atoms with Crippen molar-refractivity contribution in [2.75, 3.05) is 39.3 Å². The first-order chi connectivity index (χ1) is 9.17. The highest BCUT2D eigenvalue weighted by Gasteiger charge is 2.21. The van der Waals surface area contributed by atoms with E-state index in [9.17, 15) is 4.79 Å². The van der Waals surface area contributed by atoms with Crippen LogP contribution >= 0.6 is 24.8 Å². The Morgan fingerprint density at radius 2 is 1.81 bits per heavy atom. The second kappa shape index (κ2) is 13.6. The van der Waals surface area contributed by atoms with Crippen molar-refractivity contribution in [3.63, 3.8) is 0 Å². The van der Waals surface area contributed by atoms with Gasteiger partial charge >= 0.3 is 0 Å². The van der Waals surface area contributed by atoms with Crippen molar-refractivity contribution in [1.82, 2.24) is 15.5 Å². The summed E-state index contributed by atoms with van der Waals surface area (Å²) in [4.78, 5) is 14.2. The van der Waals surface area contributed by atoms with Gasteiger partial charge in [-0.1, -0.05) is 20.8 Å². The van der Waals surface area contributed by atoms with E-state index in [0.717, 1.165) is 45.2 Å². The molecule has 4 nitrogen and oxygen atoms in total. The van der Waals surface area contributed by atoms with Gasteiger partial charge in [-0.2, -0.15) is 0 Å². The molecule has 1 atom stereocenters. The molecule has 2 N–H and O–H groups in total. The molecule has 0 aromatic carbocycles. The summed E-state index contributed by atoms with van der Waals surface area (Å²) in [5.41, 5.74) is 0. The van der Waals surface area contributed by atoms with Gasteiger partial charge in [0, 0.05) is 19.5 Å². The standard InChI is InChI=1S/C15H31N3O.2ClH/c1-4-18(5-2)11-10-17-15(19)12-13(3)14-6-8-16-9-7-14;;/h13-14,16H,4-12H2,1-3H3,(H,17,19);2*1H. The molecule has 0 spiro atoms. The third kappa shape index (κ3) is 9.56. The number of hydrogen-bond acceptors (Lipinski definition) is 3. The minimum absolute atomic E-state index is 0. The Morgan fingerprint density at radius 3 is 2.33 bits per heavy atom. The van der Waals surface area contributed by atoms with Crippen molar-refractivity contribution in [3.8, 4) is 0 Å². The van der Waals surface area contributed by atoms with Crippen LogP contribution in [0, 0.1) is 11.8 Å². The van der Waals surface area contributed by atoms with E-state index < -0.39 is 0 Å². The second-order valence-electron chi connectivity index (χ2n) is 5.65. The minimum Gasteiger partial charge on any atom is -0.355 e. The Morgan fingerprint density at radius 1 is 1.24 bits per heavy atom. The van der Waals surface area contributed by atoms with Crippen molar-refractivity contribution >= 4 is 30.7 Å². The zero-order valence-electron chi connectivity index (χ0n) is 13.7. The van der Waals surface area contributed by atoms with Crippen molar-refractivity contribution in [2.45, 2.75) is 40.0 Å². The third-order valence-corrected chi connectivity index (χ3v) is 4.34. The Labute approximate surface area is 142 Å². The Kier molecular flexibility index (Phi) is 15.1. The summed E-state index contributed by atoms with van der Waals surface area (Å²) >= 11 is 0. The van der Waals surface area contributed by atoms with Crippen LogP contribution in [0.5, 0.6) is 0 Å². The number of carbonyl (C=O) groups is 1. The average Bonchev–Trinajstić information content (AvgIpc) is 2.44. The molecule has 1 aliphatic heterocycles. The molecule has 1 aliphatic rings. The predicted molar refractivity (Wildman–Crippen MR) is 94.7 cm³/mol. The van der Waals surface area contributed by atoms with Gasteiger partial charge in [0.2, 0.25) is 5.91 Å². The van der Waals surface area contributed by atoms with E-state index in [1.165, 1.54) is 12.8 Å². The highest BCUT2D eigenvalue weighted by molar-refractivity contribution is 5.85. The minimum atomic E-state index is 0. The molecule has 1 rings (SSSR count). The van der Waals surface area contributed by atoms with Crippen LogP contribution in [-0.4, -0.2) is 50.1 Å². The number of likely N-dealkylation sites (N-methyl/N-ethyl adjacent to an activating group) is 1. The quantitative estimate of drug-likeness (QED) is 0.712. The Bertz CT molecular complexity index is 257. The topological polar surface area (TPSA) is 44.4 Å². The largest absolute Gasteiger partial charge is 0.355 e. The first kappa shape index (κ1) is 23.2. The van der Waals surface area contributed by atoms with Crippen LogP contribution in [0.15, 0.2) is 0 Å². The zero-order chi connectivity index (χ0) is 14.1. The third-order valence-electron chi connectivity index (χ3n) is 4.34. The van der Waals surface area contributed by atoms with Gasteiger partial charge in [0.15, 0.2) is 0 Å². The number of carbonyl (C=O) groups excluding carboxylic acids is 1. The molecular weight excluding hydrogens is 309 g/mol. The number of rotatable bonds is 8. The van der Waals surface area contributed by atoms with Crippen LogP contribution in [0.3, 0.4) is 0 Å². The average molecular weight is 342 g/mol. The van der Waals surface area contributed by atoms with Gasteiger partial charge in [-0.3, -0.25) is 4.79 Å². The number of halogens is 2. The summed E-state index contributed by atoms with van der Waals surface area (Å²) in [5, 5.41) is 6.43. The van der Waals surface area contributed by atoms with Gasteiger partial charge in [0.25, 0.3) is 0 Å². The van der Waals surface area contributed by atoms with Gasteiger partial charge < -0.3 is 15.5 Å². The van der Waals surface area contributed by atoms with Gasteiger partial charge in [0.05, 0.1) is 0 Å². The van der Waals surface area contributed by atoms with Crippen molar-refractivity contribution in [2.24, 2.45) is 11.8 Å². The molecule has 0 bridgehead atoms. The molecule has 1 fully saturated rings. The fourth-order valence-corrected chi connectivity index (χ4v) is 2.84. The number of nitrogens with zero attached hydrogens (tertiary/aromatic N) is 1. The lowest BCUT2D eigenvalue weighted by Gasteiger charge is -2.28. The molecular formula is C15H33Cl2N3O. The summed E-state index contributed by atoms with van der Waals surface area (Å²) in [6.07, 6.45) is 3.12. The van der Waals surface area contributed by atoms with Gasteiger partial charge in [-0.15, -0.1) is 24.8 Å². The van der Waals surface area contributed by atoms with Crippen LogP contribution in [-0.2, 0) is 4.79 Å². The Balaban J connectivity index is 0. The molecule has 1 heterocycles. The van der Waals surface area contributed by atoms with Crippen molar-refractivity contribution in [3.05, 3.63) is 0 Å². The summed E-state index contributed by atoms with van der Waals surface area (Å²) in [6, 6.07) is 0. The number of amides is 1. The van der Waals surface area contributed by atoms with Crippen LogP contribution in [0.4, 0.5) is 0 Å². The molecule has 1 unspecified atom stereocenters. The smallest absolute Gasteiger partial charge is 0.220 e.